The normalized spacial score (nSPS) is 11.6. The molecule has 8 nitrogen and oxygen atoms in total. The molecule has 0 saturated carbocycles. The number of rotatable bonds is 5. The zero-order valence-corrected chi connectivity index (χ0v) is 13.6. The summed E-state index contributed by atoms with van der Waals surface area (Å²) in [5, 5.41) is 14.2. The molecule has 3 N–H and O–H groups in total. The molecule has 8 heteroatoms. The summed E-state index contributed by atoms with van der Waals surface area (Å²) in [5.41, 5.74) is 0.927. The zero-order valence-electron chi connectivity index (χ0n) is 13.6. The summed E-state index contributed by atoms with van der Waals surface area (Å²) in [5.74, 6) is -1.31. The van der Waals surface area contributed by atoms with Gasteiger partial charge in [0.2, 0.25) is 5.91 Å². The van der Waals surface area contributed by atoms with Gasteiger partial charge in [-0.15, -0.1) is 0 Å². The van der Waals surface area contributed by atoms with E-state index in [1.54, 1.807) is 31.2 Å². The quantitative estimate of drug-likeness (QED) is 0.435. The first kappa shape index (κ1) is 18.9. The van der Waals surface area contributed by atoms with E-state index in [2.05, 4.69) is 15.0 Å². The summed E-state index contributed by atoms with van der Waals surface area (Å²) in [6.45, 7) is 4.41. The van der Waals surface area contributed by atoms with Gasteiger partial charge in [0.25, 0.3) is 5.91 Å². The van der Waals surface area contributed by atoms with Crippen LogP contribution < -0.4 is 10.6 Å². The number of hydrogen-bond donors (Lipinski definition) is 3. The Kier molecular flexibility index (Phi) is 7.15. The highest BCUT2D eigenvalue weighted by Gasteiger charge is 2.15. The molecular weight excluding hydrogens is 314 g/mol. The number of amides is 3. The molecule has 1 rings (SSSR count). The van der Waals surface area contributed by atoms with E-state index in [0.717, 1.165) is 6.21 Å². The monoisotopic (exact) mass is 333 g/mol. The van der Waals surface area contributed by atoms with Crippen LogP contribution in [0.15, 0.2) is 40.6 Å². The van der Waals surface area contributed by atoms with Crippen LogP contribution in [0.5, 0.6) is 0 Å². The van der Waals surface area contributed by atoms with E-state index in [9.17, 15) is 19.5 Å². The highest BCUT2D eigenvalue weighted by atomic mass is 16.5. The Morgan fingerprint density at radius 1 is 1.21 bits per heavy atom. The number of hydrogen-bond acceptors (Lipinski definition) is 6. The molecule has 0 radical (unpaired) electrons. The Morgan fingerprint density at radius 3 is 2.33 bits per heavy atom. The molecule has 0 spiro atoms. The van der Waals surface area contributed by atoms with Crippen LogP contribution in [-0.2, 0) is 14.3 Å². The molecule has 0 heterocycles. The van der Waals surface area contributed by atoms with Gasteiger partial charge in [-0.2, -0.15) is 0 Å². The van der Waals surface area contributed by atoms with Crippen LogP contribution in [0.1, 0.15) is 20.8 Å². The first-order valence-corrected chi connectivity index (χ1v) is 7.13. The molecule has 0 bridgehead atoms. The lowest BCUT2D eigenvalue weighted by Gasteiger charge is -2.05. The summed E-state index contributed by atoms with van der Waals surface area (Å²) >= 11 is 0. The molecule has 0 aromatic heterocycles. The molecular formula is C16H19N3O5. The van der Waals surface area contributed by atoms with Crippen molar-refractivity contribution < 1.29 is 24.2 Å². The maximum atomic E-state index is 11.9. The van der Waals surface area contributed by atoms with Crippen molar-refractivity contribution in [3.8, 4) is 0 Å². The number of anilines is 1. The number of carbonyl (C=O) groups excluding carboxylic acids is 3. The topological polar surface area (TPSA) is 117 Å². The van der Waals surface area contributed by atoms with Crippen molar-refractivity contribution in [1.29, 1.82) is 0 Å². The fourth-order valence-electron chi connectivity index (χ4n) is 1.62. The van der Waals surface area contributed by atoms with Gasteiger partial charge in [-0.25, -0.2) is 4.79 Å². The number of imide groups is 1. The standard InChI is InChI=1S/C16H19N3O5/c1-4-24-16(23)19-15(22)14(10(2)20)9-17-12-5-7-13(8-6-12)18-11(3)21/h5-9,20H,4H2,1-3H3,(H,18,21)(H,19,22,23)/b14-10-,17-9?. The van der Waals surface area contributed by atoms with E-state index in [4.69, 9.17) is 0 Å². The van der Waals surface area contributed by atoms with Gasteiger partial charge in [-0.3, -0.25) is 19.9 Å². The molecule has 0 unspecified atom stereocenters. The van der Waals surface area contributed by atoms with Crippen molar-refractivity contribution in [2.75, 3.05) is 11.9 Å². The van der Waals surface area contributed by atoms with E-state index in [1.165, 1.54) is 13.8 Å². The third-order valence-electron chi connectivity index (χ3n) is 2.66. The van der Waals surface area contributed by atoms with Gasteiger partial charge in [0, 0.05) is 18.8 Å². The minimum absolute atomic E-state index is 0.116. The molecule has 24 heavy (non-hydrogen) atoms. The molecule has 3 amide bonds. The van der Waals surface area contributed by atoms with Crippen molar-refractivity contribution in [1.82, 2.24) is 5.32 Å². The first-order valence-electron chi connectivity index (χ1n) is 7.13. The Bertz CT molecular complexity index is 673. The highest BCUT2D eigenvalue weighted by molar-refractivity contribution is 6.16. The lowest BCUT2D eigenvalue weighted by atomic mass is 10.2. The van der Waals surface area contributed by atoms with Gasteiger partial charge in [0.05, 0.1) is 17.9 Å². The average Bonchev–Trinajstić information content (AvgIpc) is 2.48. The molecule has 0 aliphatic carbocycles. The Balaban J connectivity index is 2.83. The predicted octanol–water partition coefficient (Wildman–Crippen LogP) is 2.45. The van der Waals surface area contributed by atoms with Gasteiger partial charge < -0.3 is 15.2 Å². The average molecular weight is 333 g/mol. The van der Waals surface area contributed by atoms with Gasteiger partial charge in [-0.05, 0) is 38.1 Å². The van der Waals surface area contributed by atoms with Crippen LogP contribution in [0.4, 0.5) is 16.2 Å². The first-order chi connectivity index (χ1) is 11.3. The summed E-state index contributed by atoms with van der Waals surface area (Å²) in [4.78, 5) is 38.1. The molecule has 1 aromatic rings. The molecule has 0 aliphatic heterocycles. The fourth-order valence-corrected chi connectivity index (χ4v) is 1.62. The Morgan fingerprint density at radius 2 is 1.83 bits per heavy atom. The van der Waals surface area contributed by atoms with E-state index in [1.807, 2.05) is 5.32 Å². The largest absolute Gasteiger partial charge is 0.512 e. The number of alkyl carbamates (subject to hydrolysis) is 1. The summed E-state index contributed by atoms with van der Waals surface area (Å²) in [6, 6.07) is 6.52. The summed E-state index contributed by atoms with van der Waals surface area (Å²) < 4.78 is 4.60. The van der Waals surface area contributed by atoms with Crippen molar-refractivity contribution in [3.05, 3.63) is 35.6 Å². The van der Waals surface area contributed by atoms with Crippen LogP contribution in [0.2, 0.25) is 0 Å². The molecule has 1 aromatic carbocycles. The fraction of sp³-hybridized carbons (Fsp3) is 0.250. The third kappa shape index (κ3) is 6.30. The van der Waals surface area contributed by atoms with Crippen molar-refractivity contribution in [3.63, 3.8) is 0 Å². The molecule has 128 valence electrons. The highest BCUT2D eigenvalue weighted by Crippen LogP contribution is 2.16. The number of aliphatic imine (C=N–C) groups is 1. The van der Waals surface area contributed by atoms with Crippen molar-refractivity contribution in [2.24, 2.45) is 4.99 Å². The van der Waals surface area contributed by atoms with E-state index in [0.29, 0.717) is 11.4 Å². The van der Waals surface area contributed by atoms with E-state index >= 15 is 0 Å². The van der Waals surface area contributed by atoms with Gasteiger partial charge >= 0.3 is 6.09 Å². The minimum Gasteiger partial charge on any atom is -0.512 e. The number of benzene rings is 1. The number of nitrogens with zero attached hydrogens (tertiary/aromatic N) is 1. The maximum absolute atomic E-state index is 11.9. The van der Waals surface area contributed by atoms with Gasteiger partial charge in [-0.1, -0.05) is 0 Å². The zero-order chi connectivity index (χ0) is 18.1. The van der Waals surface area contributed by atoms with Crippen molar-refractivity contribution in [2.45, 2.75) is 20.8 Å². The number of carbonyl (C=O) groups is 3. The van der Waals surface area contributed by atoms with Crippen LogP contribution in [0.25, 0.3) is 0 Å². The van der Waals surface area contributed by atoms with Crippen LogP contribution in [0.3, 0.4) is 0 Å². The van der Waals surface area contributed by atoms with Gasteiger partial charge in [0.15, 0.2) is 0 Å². The smallest absolute Gasteiger partial charge is 0.414 e. The summed E-state index contributed by atoms with van der Waals surface area (Å²) in [6.07, 6.45) is 0.228. The van der Waals surface area contributed by atoms with Crippen molar-refractivity contribution >= 4 is 35.5 Å². The third-order valence-corrected chi connectivity index (χ3v) is 2.66. The molecule has 0 aliphatic rings. The van der Waals surface area contributed by atoms with Crippen LogP contribution >= 0.6 is 0 Å². The second kappa shape index (κ2) is 9.09. The SMILES string of the molecule is CCOC(=O)NC(=O)/C(C=Nc1ccc(NC(C)=O)cc1)=C(/C)O. The predicted molar refractivity (Wildman–Crippen MR) is 89.4 cm³/mol. The Hall–Kier alpha value is -3.16. The molecule has 0 fully saturated rings. The summed E-state index contributed by atoms with van der Waals surface area (Å²) in [7, 11) is 0. The maximum Gasteiger partial charge on any atom is 0.414 e. The van der Waals surface area contributed by atoms with E-state index < -0.39 is 12.0 Å². The van der Waals surface area contributed by atoms with Crippen LogP contribution in [0, 0.1) is 0 Å². The number of nitrogens with one attached hydrogen (secondary N) is 2. The second-order valence-corrected chi connectivity index (χ2v) is 4.66. The van der Waals surface area contributed by atoms with Gasteiger partial charge in [0.1, 0.15) is 5.76 Å². The molecule has 0 atom stereocenters. The lowest BCUT2D eigenvalue weighted by Crippen LogP contribution is -2.33. The minimum atomic E-state index is -0.908. The number of aliphatic hydroxyl groups excluding tert-OH is 1. The number of aliphatic hydroxyl groups is 1. The number of ether oxygens (including phenoxy) is 1. The lowest BCUT2D eigenvalue weighted by molar-refractivity contribution is -0.116. The molecule has 0 saturated heterocycles. The van der Waals surface area contributed by atoms with E-state index in [-0.39, 0.29) is 23.8 Å². The van der Waals surface area contributed by atoms with Crippen LogP contribution in [-0.4, -0.2) is 35.8 Å². The Labute approximate surface area is 139 Å². The number of allylic oxidation sites excluding steroid dienone is 1. The second-order valence-electron chi connectivity index (χ2n) is 4.66.